The molecule has 9 heteroatoms. The van der Waals surface area contributed by atoms with E-state index >= 15 is 0 Å². The largest absolute Gasteiger partial charge is 0.495 e. The number of pyridine rings is 1. The lowest BCUT2D eigenvalue weighted by Crippen LogP contribution is -2.29. The number of ether oxygens (including phenoxy) is 1. The van der Waals surface area contributed by atoms with Gasteiger partial charge in [-0.05, 0) is 66.8 Å². The normalized spacial score (nSPS) is 17.1. The number of thiocarbonyl (C=S) groups is 1. The average molecular weight is 517 g/mol. The van der Waals surface area contributed by atoms with Crippen LogP contribution in [-0.2, 0) is 4.79 Å². The van der Waals surface area contributed by atoms with Crippen LogP contribution in [0.15, 0.2) is 99.5 Å². The fourth-order valence-electron chi connectivity index (χ4n) is 4.21. The maximum absolute atomic E-state index is 11.8. The number of methoxy groups -OCH3 is 1. The Kier molecular flexibility index (Phi) is 6.92. The molecule has 182 valence electrons. The van der Waals surface area contributed by atoms with Gasteiger partial charge in [0, 0.05) is 23.7 Å². The molecule has 1 aliphatic rings. The van der Waals surface area contributed by atoms with Gasteiger partial charge in [0.25, 0.3) is 0 Å². The van der Waals surface area contributed by atoms with E-state index in [0.717, 1.165) is 27.1 Å². The first-order valence-corrected chi connectivity index (χ1v) is 12.5. The van der Waals surface area contributed by atoms with Crippen molar-refractivity contribution in [3.05, 3.63) is 96.5 Å². The molecule has 5 rings (SSSR count). The molecule has 1 aliphatic heterocycles. The van der Waals surface area contributed by atoms with Gasteiger partial charge in [-0.25, -0.2) is 0 Å². The van der Waals surface area contributed by atoms with Crippen molar-refractivity contribution in [2.75, 3.05) is 17.3 Å². The number of carbonyl (C=O) groups excluding carboxylic acids is 1. The average Bonchev–Trinajstić information content (AvgIpc) is 3.48. The van der Waals surface area contributed by atoms with Crippen LogP contribution in [-0.4, -0.2) is 23.1 Å². The number of carbonyl (C=O) groups is 1. The van der Waals surface area contributed by atoms with Gasteiger partial charge in [0.15, 0.2) is 10.2 Å². The number of rotatable bonds is 7. The standard InChI is InChI=1S/C27H24N4O3S2/c1-17(32)29-21-16-18(11-12-22(21)33-2)31-26(25(30-27(31)35)20-10-6-7-15-28-20)23-13-14-24(34-23)36-19-8-4-3-5-9-19/h3-16,25-26H,1-2H3,(H,29,32)(H,30,35)/t25-,26+/m1/s1. The van der Waals surface area contributed by atoms with Gasteiger partial charge in [-0.15, -0.1) is 0 Å². The molecular formula is C27H24N4O3S2. The summed E-state index contributed by atoms with van der Waals surface area (Å²) in [6, 6.07) is 24.9. The Morgan fingerprint density at radius 1 is 1.11 bits per heavy atom. The minimum Gasteiger partial charge on any atom is -0.495 e. The van der Waals surface area contributed by atoms with Gasteiger partial charge in [-0.1, -0.05) is 36.0 Å². The molecule has 2 N–H and O–H groups in total. The smallest absolute Gasteiger partial charge is 0.221 e. The van der Waals surface area contributed by atoms with Crippen LogP contribution in [0.4, 0.5) is 11.4 Å². The molecule has 1 fully saturated rings. The summed E-state index contributed by atoms with van der Waals surface area (Å²) in [6.45, 7) is 1.46. The molecule has 3 heterocycles. The summed E-state index contributed by atoms with van der Waals surface area (Å²) >= 11 is 7.36. The van der Waals surface area contributed by atoms with Crippen LogP contribution in [0.5, 0.6) is 5.75 Å². The highest BCUT2D eigenvalue weighted by Crippen LogP contribution is 2.44. The first kappa shape index (κ1) is 23.9. The Balaban J connectivity index is 1.55. The molecule has 0 spiro atoms. The van der Waals surface area contributed by atoms with Gasteiger partial charge in [-0.2, -0.15) is 0 Å². The Morgan fingerprint density at radius 2 is 1.92 bits per heavy atom. The Bertz CT molecular complexity index is 1380. The third-order valence-electron chi connectivity index (χ3n) is 5.73. The molecule has 0 radical (unpaired) electrons. The number of anilines is 2. The van der Waals surface area contributed by atoms with Crippen LogP contribution in [0.25, 0.3) is 0 Å². The summed E-state index contributed by atoms with van der Waals surface area (Å²) in [4.78, 5) is 19.5. The molecule has 2 atom stereocenters. The van der Waals surface area contributed by atoms with Crippen molar-refractivity contribution in [2.24, 2.45) is 0 Å². The molecule has 2 aromatic carbocycles. The van der Waals surface area contributed by atoms with E-state index < -0.39 is 0 Å². The van der Waals surface area contributed by atoms with Gasteiger partial charge in [-0.3, -0.25) is 9.78 Å². The summed E-state index contributed by atoms with van der Waals surface area (Å²) in [5, 5.41) is 7.57. The van der Waals surface area contributed by atoms with Gasteiger partial charge in [0.1, 0.15) is 17.6 Å². The molecule has 36 heavy (non-hydrogen) atoms. The van der Waals surface area contributed by atoms with E-state index in [4.69, 9.17) is 21.4 Å². The van der Waals surface area contributed by atoms with Crippen LogP contribution in [0.3, 0.4) is 0 Å². The molecule has 1 saturated heterocycles. The molecule has 0 bridgehead atoms. The molecule has 4 aromatic rings. The summed E-state index contributed by atoms with van der Waals surface area (Å²) < 4.78 is 11.8. The molecular weight excluding hydrogens is 492 g/mol. The Morgan fingerprint density at radius 3 is 2.64 bits per heavy atom. The Labute approximate surface area is 218 Å². The fraction of sp³-hybridized carbons (Fsp3) is 0.148. The van der Waals surface area contributed by atoms with Crippen molar-refractivity contribution < 1.29 is 13.9 Å². The van der Waals surface area contributed by atoms with E-state index in [9.17, 15) is 4.79 Å². The zero-order valence-corrected chi connectivity index (χ0v) is 21.3. The van der Waals surface area contributed by atoms with Crippen LogP contribution >= 0.6 is 24.0 Å². The van der Waals surface area contributed by atoms with Crippen molar-refractivity contribution in [3.8, 4) is 5.75 Å². The topological polar surface area (TPSA) is 79.6 Å². The molecule has 7 nitrogen and oxygen atoms in total. The van der Waals surface area contributed by atoms with Crippen molar-refractivity contribution in [1.82, 2.24) is 10.3 Å². The summed E-state index contributed by atoms with van der Waals surface area (Å²) in [6.07, 6.45) is 1.76. The fourth-order valence-corrected chi connectivity index (χ4v) is 5.35. The van der Waals surface area contributed by atoms with E-state index in [1.165, 1.54) is 6.92 Å². The van der Waals surface area contributed by atoms with E-state index in [2.05, 4.69) is 15.6 Å². The van der Waals surface area contributed by atoms with Crippen molar-refractivity contribution >= 4 is 46.4 Å². The number of furan rings is 1. The van der Waals surface area contributed by atoms with Crippen LogP contribution in [0.1, 0.15) is 30.5 Å². The number of nitrogens with one attached hydrogen (secondary N) is 2. The number of benzene rings is 2. The van der Waals surface area contributed by atoms with Crippen LogP contribution in [0.2, 0.25) is 0 Å². The maximum atomic E-state index is 11.8. The van der Waals surface area contributed by atoms with E-state index in [0.29, 0.717) is 16.5 Å². The zero-order valence-electron chi connectivity index (χ0n) is 19.7. The number of aromatic nitrogens is 1. The molecule has 0 aliphatic carbocycles. The minimum atomic E-state index is -0.309. The zero-order chi connectivity index (χ0) is 25.1. The number of nitrogens with zero attached hydrogens (tertiary/aromatic N) is 2. The molecule has 2 aromatic heterocycles. The van der Waals surface area contributed by atoms with Gasteiger partial charge >= 0.3 is 0 Å². The summed E-state index contributed by atoms with van der Waals surface area (Å²) in [5.41, 5.74) is 2.19. The molecule has 0 unspecified atom stereocenters. The maximum Gasteiger partial charge on any atom is 0.221 e. The SMILES string of the molecule is COc1ccc(N2C(=S)N[C@H](c3ccccn3)[C@@H]2c2ccc(Sc3ccccc3)o2)cc1NC(C)=O. The van der Waals surface area contributed by atoms with Gasteiger partial charge in [0.05, 0.1) is 24.5 Å². The third-order valence-corrected chi connectivity index (χ3v) is 6.97. The summed E-state index contributed by atoms with van der Waals surface area (Å²) in [7, 11) is 1.57. The highest BCUT2D eigenvalue weighted by Gasteiger charge is 2.42. The second-order valence-electron chi connectivity index (χ2n) is 8.13. The minimum absolute atomic E-state index is 0.191. The Hall–Kier alpha value is -3.82. The highest BCUT2D eigenvalue weighted by molar-refractivity contribution is 7.99. The monoisotopic (exact) mass is 516 g/mol. The third kappa shape index (κ3) is 4.93. The summed E-state index contributed by atoms with van der Waals surface area (Å²) in [5.74, 6) is 1.11. The van der Waals surface area contributed by atoms with E-state index in [1.807, 2.05) is 83.8 Å². The predicted molar refractivity (Wildman–Crippen MR) is 145 cm³/mol. The second-order valence-corrected chi connectivity index (χ2v) is 9.60. The van der Waals surface area contributed by atoms with Crippen molar-refractivity contribution in [1.29, 1.82) is 0 Å². The number of amides is 1. The van der Waals surface area contributed by atoms with Crippen LogP contribution < -0.4 is 20.3 Å². The van der Waals surface area contributed by atoms with Crippen molar-refractivity contribution in [2.45, 2.75) is 29.0 Å². The van der Waals surface area contributed by atoms with Gasteiger partial charge < -0.3 is 24.7 Å². The quantitative estimate of drug-likeness (QED) is 0.291. The van der Waals surface area contributed by atoms with Crippen molar-refractivity contribution in [3.63, 3.8) is 0 Å². The van der Waals surface area contributed by atoms with Gasteiger partial charge in [0.2, 0.25) is 5.91 Å². The number of hydrogen-bond acceptors (Lipinski definition) is 6. The van der Waals surface area contributed by atoms with E-state index in [-0.39, 0.29) is 18.0 Å². The second kappa shape index (κ2) is 10.4. The lowest BCUT2D eigenvalue weighted by molar-refractivity contribution is -0.114. The highest BCUT2D eigenvalue weighted by atomic mass is 32.2. The number of hydrogen-bond donors (Lipinski definition) is 2. The predicted octanol–water partition coefficient (Wildman–Crippen LogP) is 5.97. The lowest BCUT2D eigenvalue weighted by atomic mass is 10.0. The van der Waals surface area contributed by atoms with E-state index in [1.54, 1.807) is 25.1 Å². The molecule has 0 saturated carbocycles. The lowest BCUT2D eigenvalue weighted by Gasteiger charge is -2.27. The molecule has 1 amide bonds. The first-order chi connectivity index (χ1) is 17.5. The van der Waals surface area contributed by atoms with Crippen LogP contribution in [0, 0.1) is 0 Å². The first-order valence-electron chi connectivity index (χ1n) is 11.3.